The largest absolute Gasteiger partial charge is 0.325 e. The summed E-state index contributed by atoms with van der Waals surface area (Å²) in [5.74, 6) is 0.248. The highest BCUT2D eigenvalue weighted by Gasteiger charge is 2.32. The van der Waals surface area contributed by atoms with E-state index in [1.54, 1.807) is 4.57 Å². The van der Waals surface area contributed by atoms with Crippen molar-refractivity contribution in [3.05, 3.63) is 106 Å². The molecule has 1 atom stereocenters. The van der Waals surface area contributed by atoms with Crippen LogP contribution in [-0.4, -0.2) is 15.5 Å². The van der Waals surface area contributed by atoms with Gasteiger partial charge in [0, 0.05) is 18.7 Å². The molecule has 1 aliphatic rings. The average Bonchev–Trinajstić information content (AvgIpc) is 3.09. The highest BCUT2D eigenvalue weighted by molar-refractivity contribution is 6.03. The van der Waals surface area contributed by atoms with Crippen molar-refractivity contribution in [2.75, 3.05) is 5.32 Å². The second kappa shape index (κ2) is 7.84. The number of nitrogens with zero attached hydrogens (tertiary/aromatic N) is 2. The Morgan fingerprint density at radius 1 is 0.968 bits per heavy atom. The van der Waals surface area contributed by atoms with Gasteiger partial charge in [-0.15, -0.1) is 0 Å². The Hall–Kier alpha value is -3.73. The van der Waals surface area contributed by atoms with E-state index in [4.69, 9.17) is 4.98 Å². The Morgan fingerprint density at radius 2 is 1.74 bits per heavy atom. The molecule has 1 N–H and O–H groups in total. The zero-order valence-corrected chi connectivity index (χ0v) is 17.3. The van der Waals surface area contributed by atoms with Gasteiger partial charge in [-0.3, -0.25) is 14.2 Å². The number of hydrogen-bond acceptors (Lipinski definition) is 3. The lowest BCUT2D eigenvalue weighted by Crippen LogP contribution is -2.28. The first-order chi connectivity index (χ1) is 15.1. The molecule has 0 radical (unpaired) electrons. The fraction of sp³-hybridized carbons (Fsp3) is 0.192. The third kappa shape index (κ3) is 3.63. The molecule has 5 rings (SSSR count). The van der Waals surface area contributed by atoms with E-state index in [1.807, 2.05) is 67.6 Å². The Labute approximate surface area is 180 Å². The predicted octanol–water partition coefficient (Wildman–Crippen LogP) is 4.23. The number of nitrogens with one attached hydrogen (secondary N) is 1. The van der Waals surface area contributed by atoms with Gasteiger partial charge >= 0.3 is 0 Å². The normalized spacial score (nSPS) is 15.1. The third-order valence-corrected chi connectivity index (χ3v) is 5.95. The van der Waals surface area contributed by atoms with E-state index < -0.39 is 0 Å². The third-order valence-electron chi connectivity index (χ3n) is 5.95. The van der Waals surface area contributed by atoms with Crippen LogP contribution in [0.1, 0.15) is 28.4 Å². The van der Waals surface area contributed by atoms with Crippen molar-refractivity contribution in [1.82, 2.24) is 9.55 Å². The first-order valence-corrected chi connectivity index (χ1v) is 10.5. The molecule has 0 aliphatic carbocycles. The highest BCUT2D eigenvalue weighted by Crippen LogP contribution is 2.35. The van der Waals surface area contributed by atoms with Crippen molar-refractivity contribution in [3.63, 3.8) is 0 Å². The smallest absolute Gasteiger partial charge is 0.261 e. The van der Waals surface area contributed by atoms with Gasteiger partial charge in [0.25, 0.3) is 5.56 Å². The molecule has 5 heteroatoms. The molecule has 0 bridgehead atoms. The van der Waals surface area contributed by atoms with Crippen molar-refractivity contribution in [1.29, 1.82) is 0 Å². The second-order valence-corrected chi connectivity index (χ2v) is 8.07. The summed E-state index contributed by atoms with van der Waals surface area (Å²) in [6.45, 7) is 2.54. The lowest BCUT2D eigenvalue weighted by Gasteiger charge is -2.16. The molecule has 5 nitrogen and oxygen atoms in total. The minimum absolute atomic E-state index is 0.0439. The van der Waals surface area contributed by atoms with Crippen LogP contribution in [-0.2, 0) is 24.2 Å². The Balaban J connectivity index is 1.57. The number of carbonyl (C=O) groups is 1. The number of amides is 1. The monoisotopic (exact) mass is 409 g/mol. The summed E-state index contributed by atoms with van der Waals surface area (Å²) in [5, 5.41) is 3.57. The van der Waals surface area contributed by atoms with Crippen LogP contribution in [0.4, 0.5) is 5.69 Å². The van der Waals surface area contributed by atoms with Crippen molar-refractivity contribution in [2.45, 2.75) is 32.2 Å². The van der Waals surface area contributed by atoms with Gasteiger partial charge in [-0.2, -0.15) is 0 Å². The number of anilines is 1. The standard InChI is InChI=1S/C26H23N3O2/c1-17-11-12-23-20(15-17)21(25(30)28-23)16-24-27-22-10-6-5-9-19(22)26(31)29(24)14-13-18-7-3-2-4-8-18/h2-12,15,21H,13-14,16H2,1H3,(H,28,30)/t21-/m0/s1. The van der Waals surface area contributed by atoms with Gasteiger partial charge < -0.3 is 5.32 Å². The Kier molecular flexibility index (Phi) is 4.86. The van der Waals surface area contributed by atoms with Crippen LogP contribution in [0.2, 0.25) is 0 Å². The summed E-state index contributed by atoms with van der Waals surface area (Å²) in [6.07, 6.45) is 1.11. The number of aromatic nitrogens is 2. The fourth-order valence-corrected chi connectivity index (χ4v) is 4.32. The first-order valence-electron chi connectivity index (χ1n) is 10.5. The zero-order chi connectivity index (χ0) is 21.4. The number of fused-ring (bicyclic) bond motifs is 2. The minimum Gasteiger partial charge on any atom is -0.325 e. The molecule has 2 heterocycles. The molecule has 0 unspecified atom stereocenters. The molecule has 3 aromatic carbocycles. The Morgan fingerprint density at radius 3 is 2.58 bits per heavy atom. The second-order valence-electron chi connectivity index (χ2n) is 8.07. The van der Waals surface area contributed by atoms with E-state index >= 15 is 0 Å². The van der Waals surface area contributed by atoms with Crippen molar-refractivity contribution in [2.24, 2.45) is 0 Å². The summed E-state index contributed by atoms with van der Waals surface area (Å²) < 4.78 is 1.75. The number of para-hydroxylation sites is 1. The predicted molar refractivity (Wildman–Crippen MR) is 122 cm³/mol. The molecule has 1 amide bonds. The molecular weight excluding hydrogens is 386 g/mol. The maximum Gasteiger partial charge on any atom is 0.261 e. The highest BCUT2D eigenvalue weighted by atomic mass is 16.2. The van der Waals surface area contributed by atoms with Crippen LogP contribution in [0.15, 0.2) is 77.6 Å². The quantitative estimate of drug-likeness (QED) is 0.537. The van der Waals surface area contributed by atoms with Gasteiger partial charge in [-0.25, -0.2) is 4.98 Å². The lowest BCUT2D eigenvalue weighted by atomic mass is 9.95. The van der Waals surface area contributed by atoms with Crippen molar-refractivity contribution < 1.29 is 4.79 Å². The topological polar surface area (TPSA) is 64.0 Å². The van der Waals surface area contributed by atoms with Gasteiger partial charge in [-0.1, -0.05) is 60.2 Å². The van der Waals surface area contributed by atoms with Crippen molar-refractivity contribution in [3.8, 4) is 0 Å². The van der Waals surface area contributed by atoms with E-state index in [0.717, 1.165) is 28.8 Å². The number of rotatable bonds is 5. The minimum atomic E-state index is -0.356. The van der Waals surface area contributed by atoms with Crippen molar-refractivity contribution >= 4 is 22.5 Å². The van der Waals surface area contributed by atoms with Gasteiger partial charge in [0.2, 0.25) is 5.91 Å². The molecule has 0 fully saturated rings. The van der Waals surface area contributed by atoms with Gasteiger partial charge in [0.05, 0.1) is 16.8 Å². The maximum atomic E-state index is 13.3. The van der Waals surface area contributed by atoms with E-state index in [2.05, 4.69) is 17.4 Å². The van der Waals surface area contributed by atoms with Crippen LogP contribution in [0, 0.1) is 6.92 Å². The maximum absolute atomic E-state index is 13.3. The van der Waals surface area contributed by atoms with E-state index in [-0.39, 0.29) is 17.4 Å². The summed E-state index contributed by atoms with van der Waals surface area (Å²) in [4.78, 5) is 30.9. The van der Waals surface area contributed by atoms with Crippen LogP contribution >= 0.6 is 0 Å². The molecular formula is C26H23N3O2. The number of benzene rings is 3. The molecule has 31 heavy (non-hydrogen) atoms. The van der Waals surface area contributed by atoms with Gasteiger partial charge in [0.1, 0.15) is 5.82 Å². The van der Waals surface area contributed by atoms with Crippen LogP contribution in [0.25, 0.3) is 10.9 Å². The lowest BCUT2D eigenvalue weighted by molar-refractivity contribution is -0.117. The van der Waals surface area contributed by atoms with E-state index in [0.29, 0.717) is 29.7 Å². The molecule has 0 spiro atoms. The fourth-order valence-electron chi connectivity index (χ4n) is 4.32. The summed E-state index contributed by atoms with van der Waals surface area (Å²) in [7, 11) is 0. The SMILES string of the molecule is Cc1ccc2c(c1)[C@H](Cc1nc3ccccc3c(=O)n1CCc1ccccc1)C(=O)N2. The molecule has 1 aromatic heterocycles. The van der Waals surface area contributed by atoms with E-state index in [1.165, 1.54) is 0 Å². The number of aryl methyl sites for hydroxylation is 2. The number of carbonyl (C=O) groups excluding carboxylic acids is 1. The first kappa shape index (κ1) is 19.2. The Bertz CT molecular complexity index is 1340. The molecule has 0 saturated carbocycles. The summed E-state index contributed by atoms with van der Waals surface area (Å²) >= 11 is 0. The van der Waals surface area contributed by atoms with Gasteiger partial charge in [0.15, 0.2) is 0 Å². The van der Waals surface area contributed by atoms with Crippen LogP contribution in [0.5, 0.6) is 0 Å². The van der Waals surface area contributed by atoms with Gasteiger partial charge in [-0.05, 0) is 42.7 Å². The van der Waals surface area contributed by atoms with Crippen LogP contribution < -0.4 is 10.9 Å². The molecule has 154 valence electrons. The zero-order valence-electron chi connectivity index (χ0n) is 17.3. The summed E-state index contributed by atoms with van der Waals surface area (Å²) in [5.41, 5.74) is 4.70. The van der Waals surface area contributed by atoms with E-state index in [9.17, 15) is 9.59 Å². The molecule has 0 saturated heterocycles. The molecule has 1 aliphatic heterocycles. The average molecular weight is 409 g/mol. The summed E-state index contributed by atoms with van der Waals surface area (Å²) in [6, 6.07) is 23.5. The van der Waals surface area contributed by atoms with Crippen LogP contribution in [0.3, 0.4) is 0 Å². The number of hydrogen-bond donors (Lipinski definition) is 1. The molecule has 4 aromatic rings.